The zero-order valence-electron chi connectivity index (χ0n) is 13.7. The van der Waals surface area contributed by atoms with Crippen LogP contribution >= 0.6 is 0 Å². The number of benzene rings is 4. The van der Waals surface area contributed by atoms with Crippen LogP contribution in [0.2, 0.25) is 0 Å². The molecule has 0 aliphatic rings. The lowest BCUT2D eigenvalue weighted by molar-refractivity contribution is 1.21. The van der Waals surface area contributed by atoms with Crippen molar-refractivity contribution >= 4 is 22.1 Å². The second-order valence-electron chi connectivity index (χ2n) is 6.01. The molecule has 0 aliphatic heterocycles. The van der Waals surface area contributed by atoms with Gasteiger partial charge in [0, 0.05) is 18.4 Å². The lowest BCUT2D eigenvalue weighted by atomic mass is 10.0. The number of para-hydroxylation sites is 1. The Morgan fingerprint density at radius 1 is 0.500 bits per heavy atom. The highest BCUT2D eigenvalue weighted by Gasteiger charge is 2.05. The Kier molecular flexibility index (Phi) is 3.76. The minimum absolute atomic E-state index is 1.19. The quantitative estimate of drug-likeness (QED) is 0.431. The number of fused-ring (bicyclic) bond motifs is 1. The zero-order valence-corrected chi connectivity index (χ0v) is 13.7. The van der Waals surface area contributed by atoms with Gasteiger partial charge in [-0.2, -0.15) is 0 Å². The summed E-state index contributed by atoms with van der Waals surface area (Å²) in [6.07, 6.45) is 0. The lowest BCUT2D eigenvalue weighted by Gasteiger charge is -2.20. The molecule has 116 valence electrons. The monoisotopic (exact) mass is 309 g/mol. The van der Waals surface area contributed by atoms with Gasteiger partial charge in [0.25, 0.3) is 0 Å². The fourth-order valence-electron chi connectivity index (χ4n) is 3.05. The summed E-state index contributed by atoms with van der Waals surface area (Å²) in [5.41, 5.74) is 4.90. The molecule has 0 aliphatic carbocycles. The minimum Gasteiger partial charge on any atom is -0.345 e. The van der Waals surface area contributed by atoms with Crippen LogP contribution in [0.3, 0.4) is 0 Å². The normalized spacial score (nSPS) is 10.7. The third-order valence-corrected chi connectivity index (χ3v) is 4.46. The Bertz CT molecular complexity index is 959. The lowest BCUT2D eigenvalue weighted by Crippen LogP contribution is -2.08. The van der Waals surface area contributed by atoms with E-state index in [0.29, 0.717) is 0 Å². The Balaban J connectivity index is 1.72. The maximum atomic E-state index is 2.26. The summed E-state index contributed by atoms with van der Waals surface area (Å²) in [5.74, 6) is 0. The minimum atomic E-state index is 1.19. The summed E-state index contributed by atoms with van der Waals surface area (Å²) in [4.78, 5) is 2.21. The van der Waals surface area contributed by atoms with E-state index in [2.05, 4.69) is 103 Å². The van der Waals surface area contributed by atoms with Gasteiger partial charge >= 0.3 is 0 Å². The summed E-state index contributed by atoms with van der Waals surface area (Å²) >= 11 is 0. The standard InChI is InChI=1S/C23H19N/c1-24(22-10-6-3-7-11-22)23-15-14-20-16-19(12-13-21(20)17-23)18-8-4-2-5-9-18/h2-17H,1H3. The van der Waals surface area contributed by atoms with Gasteiger partial charge < -0.3 is 4.90 Å². The molecule has 0 atom stereocenters. The molecule has 0 saturated heterocycles. The second kappa shape index (κ2) is 6.21. The topological polar surface area (TPSA) is 3.24 Å². The van der Waals surface area contributed by atoms with Crippen LogP contribution < -0.4 is 4.90 Å². The fourth-order valence-corrected chi connectivity index (χ4v) is 3.05. The van der Waals surface area contributed by atoms with Crippen molar-refractivity contribution in [2.75, 3.05) is 11.9 Å². The highest BCUT2D eigenvalue weighted by Crippen LogP contribution is 2.29. The SMILES string of the molecule is CN(c1ccccc1)c1ccc2cc(-c3ccccc3)ccc2c1. The first-order valence-electron chi connectivity index (χ1n) is 8.19. The Hall–Kier alpha value is -3.06. The summed E-state index contributed by atoms with van der Waals surface area (Å²) in [6.45, 7) is 0. The molecule has 4 aromatic rings. The predicted octanol–water partition coefficient (Wildman–Crippen LogP) is 6.27. The summed E-state index contributed by atoms with van der Waals surface area (Å²) in [5, 5.41) is 2.52. The van der Waals surface area contributed by atoms with Gasteiger partial charge in [-0.05, 0) is 52.2 Å². The van der Waals surface area contributed by atoms with Crippen molar-refractivity contribution in [1.29, 1.82) is 0 Å². The molecule has 0 amide bonds. The van der Waals surface area contributed by atoms with Crippen molar-refractivity contribution in [2.45, 2.75) is 0 Å². The number of hydrogen-bond acceptors (Lipinski definition) is 1. The molecule has 0 aromatic heterocycles. The van der Waals surface area contributed by atoms with E-state index in [1.165, 1.54) is 33.3 Å². The van der Waals surface area contributed by atoms with E-state index in [4.69, 9.17) is 0 Å². The fraction of sp³-hybridized carbons (Fsp3) is 0.0435. The summed E-state index contributed by atoms with van der Waals surface area (Å²) in [6, 6.07) is 34.3. The van der Waals surface area contributed by atoms with Gasteiger partial charge in [0.2, 0.25) is 0 Å². The van der Waals surface area contributed by atoms with Gasteiger partial charge in [-0.15, -0.1) is 0 Å². The van der Waals surface area contributed by atoms with Gasteiger partial charge in [0.1, 0.15) is 0 Å². The van der Waals surface area contributed by atoms with Gasteiger partial charge in [-0.1, -0.05) is 66.7 Å². The van der Waals surface area contributed by atoms with Crippen LogP contribution in [0.5, 0.6) is 0 Å². The third-order valence-electron chi connectivity index (χ3n) is 4.46. The van der Waals surface area contributed by atoms with Crippen molar-refractivity contribution in [3.8, 4) is 11.1 Å². The maximum Gasteiger partial charge on any atom is 0.0414 e. The number of nitrogens with zero attached hydrogens (tertiary/aromatic N) is 1. The molecule has 0 unspecified atom stereocenters. The van der Waals surface area contributed by atoms with Gasteiger partial charge in [0.15, 0.2) is 0 Å². The summed E-state index contributed by atoms with van der Waals surface area (Å²) in [7, 11) is 2.11. The first kappa shape index (κ1) is 14.5. The summed E-state index contributed by atoms with van der Waals surface area (Å²) < 4.78 is 0. The van der Waals surface area contributed by atoms with Crippen LogP contribution in [0, 0.1) is 0 Å². The van der Waals surface area contributed by atoms with Gasteiger partial charge in [-0.3, -0.25) is 0 Å². The molecule has 1 heteroatoms. The first-order valence-corrected chi connectivity index (χ1v) is 8.19. The van der Waals surface area contributed by atoms with E-state index in [1.807, 2.05) is 6.07 Å². The molecule has 0 heterocycles. The van der Waals surface area contributed by atoms with Crippen molar-refractivity contribution in [3.63, 3.8) is 0 Å². The van der Waals surface area contributed by atoms with Crippen LogP contribution in [0.15, 0.2) is 97.1 Å². The average molecular weight is 309 g/mol. The van der Waals surface area contributed by atoms with Crippen molar-refractivity contribution in [2.24, 2.45) is 0 Å². The van der Waals surface area contributed by atoms with E-state index in [1.54, 1.807) is 0 Å². The van der Waals surface area contributed by atoms with Crippen molar-refractivity contribution in [1.82, 2.24) is 0 Å². The first-order chi connectivity index (χ1) is 11.8. The molecule has 4 aromatic carbocycles. The van der Waals surface area contributed by atoms with E-state index in [9.17, 15) is 0 Å². The van der Waals surface area contributed by atoms with E-state index in [0.717, 1.165) is 0 Å². The Labute approximate surface area is 142 Å². The van der Waals surface area contributed by atoms with E-state index in [-0.39, 0.29) is 0 Å². The third kappa shape index (κ3) is 2.77. The van der Waals surface area contributed by atoms with Crippen molar-refractivity contribution in [3.05, 3.63) is 97.1 Å². The molecular weight excluding hydrogens is 290 g/mol. The molecule has 1 nitrogen and oxygen atoms in total. The zero-order chi connectivity index (χ0) is 16.4. The largest absolute Gasteiger partial charge is 0.345 e. The highest BCUT2D eigenvalue weighted by molar-refractivity contribution is 5.90. The molecule has 24 heavy (non-hydrogen) atoms. The second-order valence-corrected chi connectivity index (χ2v) is 6.01. The van der Waals surface area contributed by atoms with Gasteiger partial charge in [-0.25, -0.2) is 0 Å². The molecule has 0 bridgehead atoms. The Morgan fingerprint density at radius 2 is 1.12 bits per heavy atom. The number of rotatable bonds is 3. The van der Waals surface area contributed by atoms with Crippen LogP contribution in [-0.2, 0) is 0 Å². The smallest absolute Gasteiger partial charge is 0.0414 e. The molecule has 0 spiro atoms. The number of hydrogen-bond donors (Lipinski definition) is 0. The molecular formula is C23H19N. The highest BCUT2D eigenvalue weighted by atomic mass is 15.1. The van der Waals surface area contributed by atoms with Crippen LogP contribution in [0.1, 0.15) is 0 Å². The average Bonchev–Trinajstić information content (AvgIpc) is 2.68. The van der Waals surface area contributed by atoms with Crippen LogP contribution in [-0.4, -0.2) is 7.05 Å². The van der Waals surface area contributed by atoms with Crippen LogP contribution in [0.25, 0.3) is 21.9 Å². The predicted molar refractivity (Wildman–Crippen MR) is 104 cm³/mol. The maximum absolute atomic E-state index is 2.26. The number of anilines is 2. The van der Waals surface area contributed by atoms with Gasteiger partial charge in [0.05, 0.1) is 0 Å². The molecule has 0 saturated carbocycles. The van der Waals surface area contributed by atoms with Crippen LogP contribution in [0.4, 0.5) is 11.4 Å². The molecule has 0 N–H and O–H groups in total. The van der Waals surface area contributed by atoms with E-state index < -0.39 is 0 Å². The van der Waals surface area contributed by atoms with Crippen molar-refractivity contribution < 1.29 is 0 Å². The molecule has 0 fully saturated rings. The van der Waals surface area contributed by atoms with E-state index >= 15 is 0 Å². The molecule has 4 rings (SSSR count). The Morgan fingerprint density at radius 3 is 1.88 bits per heavy atom. The molecule has 0 radical (unpaired) electrons.